The Morgan fingerprint density at radius 2 is 1.47 bits per heavy atom. The maximum Gasteiger partial charge on any atom is 0.241 e. The summed E-state index contributed by atoms with van der Waals surface area (Å²) in [4.78, 5) is 59.6. The molecule has 0 spiro atoms. The van der Waals surface area contributed by atoms with Crippen LogP contribution in [0.4, 0.5) is 5.69 Å². The minimum Gasteiger partial charge on any atom is -0.508 e. The number of para-hydroxylation sites is 1. The van der Waals surface area contributed by atoms with E-state index in [4.69, 9.17) is 0 Å². The number of benzene rings is 4. The van der Waals surface area contributed by atoms with Crippen LogP contribution in [0, 0.1) is 29.1 Å². The monoisotopic (exact) mass is 596 g/mol. The number of phenolic OH excluding ortho intramolecular Hbond substituents is 1. The number of imide groups is 2. The molecule has 45 heavy (non-hydrogen) atoms. The van der Waals surface area contributed by atoms with E-state index < -0.39 is 35.0 Å². The van der Waals surface area contributed by atoms with E-state index in [1.54, 1.807) is 30.3 Å². The summed E-state index contributed by atoms with van der Waals surface area (Å²) in [5.41, 5.74) is 1.60. The molecule has 4 aromatic rings. The lowest BCUT2D eigenvalue weighted by Crippen LogP contribution is -2.49. The van der Waals surface area contributed by atoms with E-state index >= 15 is 0 Å². The van der Waals surface area contributed by atoms with Gasteiger partial charge in [-0.1, -0.05) is 90.5 Å². The summed E-state index contributed by atoms with van der Waals surface area (Å²) in [5, 5.41) is 13.2. The Bertz CT molecular complexity index is 1940. The van der Waals surface area contributed by atoms with Crippen molar-refractivity contribution >= 4 is 40.1 Å². The molecule has 3 fully saturated rings. The zero-order valence-corrected chi connectivity index (χ0v) is 24.8. The van der Waals surface area contributed by atoms with Gasteiger partial charge in [0.25, 0.3) is 0 Å². The van der Waals surface area contributed by atoms with Crippen LogP contribution in [0.2, 0.25) is 0 Å². The lowest BCUT2D eigenvalue weighted by molar-refractivity contribution is -0.141. The number of rotatable bonds is 4. The van der Waals surface area contributed by atoms with Crippen LogP contribution >= 0.6 is 0 Å². The van der Waals surface area contributed by atoms with Gasteiger partial charge in [-0.2, -0.15) is 0 Å². The first-order valence-corrected chi connectivity index (χ1v) is 15.5. The number of amides is 4. The lowest BCUT2D eigenvalue weighted by atomic mass is 9.51. The molecule has 1 N–H and O–H groups in total. The van der Waals surface area contributed by atoms with E-state index in [0.717, 1.165) is 21.9 Å². The molecule has 6 atom stereocenters. The zero-order chi connectivity index (χ0) is 31.0. The van der Waals surface area contributed by atoms with Crippen molar-refractivity contribution in [3.05, 3.63) is 120 Å². The number of carbonyl (C=O) groups is 4. The van der Waals surface area contributed by atoms with Gasteiger partial charge in [0, 0.05) is 11.5 Å². The fraction of sp³-hybridized carbons (Fsp3) is 0.263. The second-order valence-electron chi connectivity index (χ2n) is 13.0. The zero-order valence-electron chi connectivity index (χ0n) is 24.8. The Hall–Kier alpha value is -5.04. The van der Waals surface area contributed by atoms with Crippen molar-refractivity contribution in [2.24, 2.45) is 29.1 Å². The maximum atomic E-state index is 14.6. The van der Waals surface area contributed by atoms with Crippen LogP contribution in [0.25, 0.3) is 10.8 Å². The van der Waals surface area contributed by atoms with Crippen molar-refractivity contribution < 1.29 is 24.3 Å². The molecule has 7 nitrogen and oxygen atoms in total. The van der Waals surface area contributed by atoms with E-state index in [0.29, 0.717) is 17.7 Å². The number of aromatic hydroxyl groups is 1. The Morgan fingerprint density at radius 3 is 2.22 bits per heavy atom. The lowest BCUT2D eigenvalue weighted by Gasteiger charge is -2.49. The summed E-state index contributed by atoms with van der Waals surface area (Å²) in [6.45, 7) is 2.04. The topological polar surface area (TPSA) is 95.0 Å². The number of hydrogen-bond acceptors (Lipinski definition) is 5. The number of likely N-dealkylation sites (tertiary alicyclic amines) is 1. The quantitative estimate of drug-likeness (QED) is 0.231. The molecule has 0 bridgehead atoms. The third-order valence-electron chi connectivity index (χ3n) is 10.8. The highest BCUT2D eigenvalue weighted by Gasteiger charge is 2.68. The van der Waals surface area contributed by atoms with Crippen LogP contribution in [0.15, 0.2) is 109 Å². The van der Waals surface area contributed by atoms with Crippen LogP contribution in [-0.4, -0.2) is 33.6 Å². The Balaban J connectivity index is 1.30. The normalized spacial score (nSPS) is 29.1. The van der Waals surface area contributed by atoms with Crippen LogP contribution in [-0.2, 0) is 25.7 Å². The molecule has 2 aliphatic carbocycles. The average Bonchev–Trinajstić information content (AvgIpc) is 3.42. The Morgan fingerprint density at radius 1 is 0.778 bits per heavy atom. The minimum absolute atomic E-state index is 0.0419. The molecule has 0 radical (unpaired) electrons. The predicted octanol–water partition coefficient (Wildman–Crippen LogP) is 5.98. The van der Waals surface area contributed by atoms with E-state index in [9.17, 15) is 24.3 Å². The van der Waals surface area contributed by atoms with Crippen LogP contribution < -0.4 is 4.90 Å². The fourth-order valence-corrected chi connectivity index (χ4v) is 8.72. The first-order valence-electron chi connectivity index (χ1n) is 15.5. The van der Waals surface area contributed by atoms with Gasteiger partial charge in [-0.05, 0) is 60.2 Å². The fourth-order valence-electron chi connectivity index (χ4n) is 8.72. The van der Waals surface area contributed by atoms with Crippen molar-refractivity contribution in [2.75, 3.05) is 4.90 Å². The highest BCUT2D eigenvalue weighted by molar-refractivity contribution is 6.24. The smallest absolute Gasteiger partial charge is 0.241 e. The summed E-state index contributed by atoms with van der Waals surface area (Å²) in [5.74, 6) is -4.04. The Labute approximate surface area is 260 Å². The molecule has 1 saturated carbocycles. The van der Waals surface area contributed by atoms with Gasteiger partial charge in [0.05, 0.1) is 35.4 Å². The molecule has 2 saturated heterocycles. The van der Waals surface area contributed by atoms with E-state index in [1.165, 1.54) is 9.80 Å². The van der Waals surface area contributed by atoms with Gasteiger partial charge in [-0.25, -0.2) is 4.90 Å². The largest absolute Gasteiger partial charge is 0.508 e. The molecule has 224 valence electrons. The highest BCUT2D eigenvalue weighted by Crippen LogP contribution is 2.65. The highest BCUT2D eigenvalue weighted by atomic mass is 16.3. The van der Waals surface area contributed by atoms with Gasteiger partial charge in [-0.15, -0.1) is 0 Å². The number of phenols is 1. The molecule has 7 heteroatoms. The van der Waals surface area contributed by atoms with Gasteiger partial charge in [-0.3, -0.25) is 24.1 Å². The maximum absolute atomic E-state index is 14.6. The van der Waals surface area contributed by atoms with E-state index in [2.05, 4.69) is 0 Å². The van der Waals surface area contributed by atoms with E-state index in [-0.39, 0.29) is 42.3 Å². The number of nitrogens with zero attached hydrogens (tertiary/aromatic N) is 2. The van der Waals surface area contributed by atoms with Gasteiger partial charge < -0.3 is 5.11 Å². The number of anilines is 1. The van der Waals surface area contributed by atoms with E-state index in [1.807, 2.05) is 79.7 Å². The first kappa shape index (κ1) is 27.5. The van der Waals surface area contributed by atoms with Crippen LogP contribution in [0.3, 0.4) is 0 Å². The Kier molecular flexibility index (Phi) is 6.11. The second kappa shape index (κ2) is 9.99. The third-order valence-corrected chi connectivity index (χ3v) is 10.8. The molecule has 4 amide bonds. The number of allylic oxidation sites excluding steroid dienone is 2. The number of carbonyl (C=O) groups excluding carboxylic acids is 4. The molecule has 0 aromatic heterocycles. The molecule has 2 aliphatic heterocycles. The van der Waals surface area contributed by atoms with Gasteiger partial charge >= 0.3 is 0 Å². The molecule has 4 aliphatic rings. The summed E-state index contributed by atoms with van der Waals surface area (Å²) >= 11 is 0. The summed E-state index contributed by atoms with van der Waals surface area (Å²) < 4.78 is 0. The number of fused-ring (bicyclic) bond motifs is 5. The average molecular weight is 597 g/mol. The molecule has 0 unspecified atom stereocenters. The summed E-state index contributed by atoms with van der Waals surface area (Å²) in [6, 6.07) is 29.6. The predicted molar refractivity (Wildman–Crippen MR) is 169 cm³/mol. The van der Waals surface area contributed by atoms with Crippen LogP contribution in [0.5, 0.6) is 5.75 Å². The molecule has 8 rings (SSSR count). The third kappa shape index (κ3) is 3.82. The minimum atomic E-state index is -1.22. The molecular formula is C38H32N2O5. The van der Waals surface area contributed by atoms with Crippen molar-refractivity contribution in [1.29, 1.82) is 0 Å². The van der Waals surface area contributed by atoms with Crippen molar-refractivity contribution in [1.82, 2.24) is 4.90 Å². The van der Waals surface area contributed by atoms with Gasteiger partial charge in [0.1, 0.15) is 5.75 Å². The van der Waals surface area contributed by atoms with Crippen molar-refractivity contribution in [3.8, 4) is 5.75 Å². The van der Waals surface area contributed by atoms with Crippen molar-refractivity contribution in [2.45, 2.75) is 32.2 Å². The molecule has 2 heterocycles. The summed E-state index contributed by atoms with van der Waals surface area (Å²) in [6.07, 6.45) is 2.66. The summed E-state index contributed by atoms with van der Waals surface area (Å²) in [7, 11) is 0. The second-order valence-corrected chi connectivity index (χ2v) is 13.0. The van der Waals surface area contributed by atoms with Gasteiger partial charge in [0.2, 0.25) is 23.6 Å². The van der Waals surface area contributed by atoms with Gasteiger partial charge in [0.15, 0.2) is 0 Å². The van der Waals surface area contributed by atoms with Crippen molar-refractivity contribution in [3.63, 3.8) is 0 Å². The first-order chi connectivity index (χ1) is 21.8. The molecule has 4 aromatic carbocycles. The van der Waals surface area contributed by atoms with Crippen LogP contribution in [0.1, 0.15) is 36.8 Å². The number of hydrogen-bond donors (Lipinski definition) is 1. The molecular weight excluding hydrogens is 564 g/mol. The standard InChI is InChI=1S/C38H32N2O5/c1-38-29(35(43)40(37(38)45)24-13-6-3-7-14-24)20-28-26(33(38)32-25-15-9-8-12-23(25)16-19-30(32)41)17-18-27-31(28)36(44)39(34(27)42)21-22-10-4-2-5-11-22/h2-17,19,27-29,31,33,41H,18,20-21H2,1H3/t27-,28+,29-,31-,33+,38+/m0/s1. The SMILES string of the molecule is C[C@@]12C(=O)N(c3ccccc3)C(=O)[C@@H]1C[C@@H]1C(=CC[C@@H]3C(=O)N(Cc4ccccc4)C(=O)[C@@H]31)[C@@H]2c1c(O)ccc2ccccc12.